The molecule has 0 aliphatic carbocycles. The fourth-order valence-corrected chi connectivity index (χ4v) is 1.53. The van der Waals surface area contributed by atoms with Gasteiger partial charge in [0.15, 0.2) is 0 Å². The molecule has 1 aromatic rings. The van der Waals surface area contributed by atoms with Gasteiger partial charge in [0.05, 0.1) is 12.5 Å². The van der Waals surface area contributed by atoms with E-state index in [1.807, 2.05) is 24.3 Å². The summed E-state index contributed by atoms with van der Waals surface area (Å²) in [6.07, 6.45) is 1.70. The number of allylic oxidation sites excluding steroid dienone is 1. The number of rotatable bonds is 3. The minimum Gasteiger partial charge on any atom is -0.496 e. The number of alkyl halides is 1. The maximum Gasteiger partial charge on any atom is 0.123 e. The quantitative estimate of drug-likeness (QED) is 0.701. The Bertz CT molecular complexity index is 297. The highest BCUT2D eigenvalue weighted by Crippen LogP contribution is 2.30. The van der Waals surface area contributed by atoms with Crippen molar-refractivity contribution in [3.63, 3.8) is 0 Å². The molecule has 1 aromatic carbocycles. The molecule has 0 radical (unpaired) electrons. The Labute approximate surface area is 87.9 Å². The van der Waals surface area contributed by atoms with Crippen LogP contribution in [-0.4, -0.2) is 7.11 Å². The Morgan fingerprint density at radius 3 is 2.69 bits per heavy atom. The minimum atomic E-state index is -0.242. The van der Waals surface area contributed by atoms with Crippen molar-refractivity contribution in [1.82, 2.24) is 0 Å². The zero-order valence-corrected chi connectivity index (χ0v) is 8.72. The summed E-state index contributed by atoms with van der Waals surface area (Å²) in [7, 11) is 1.62. The summed E-state index contributed by atoms with van der Waals surface area (Å²) in [5, 5.41) is -0.242. The third-order valence-corrected chi connectivity index (χ3v) is 2.20. The molecule has 1 unspecified atom stereocenters. The number of para-hydroxylation sites is 1. The standard InChI is InChI=1S/C10H10Cl2O/c1-13-10-5-3-2-4-8(10)9(12)6-7-11/h2-7,9H,1H3. The van der Waals surface area contributed by atoms with Crippen LogP contribution >= 0.6 is 23.2 Å². The normalized spacial score (nSPS) is 13.2. The highest BCUT2D eigenvalue weighted by Gasteiger charge is 2.08. The second kappa shape index (κ2) is 5.15. The van der Waals surface area contributed by atoms with E-state index in [-0.39, 0.29) is 5.38 Å². The predicted octanol–water partition coefficient (Wildman–Crippen LogP) is 3.73. The van der Waals surface area contributed by atoms with Crippen LogP contribution in [-0.2, 0) is 0 Å². The third kappa shape index (κ3) is 2.64. The van der Waals surface area contributed by atoms with E-state index >= 15 is 0 Å². The van der Waals surface area contributed by atoms with Gasteiger partial charge >= 0.3 is 0 Å². The van der Waals surface area contributed by atoms with E-state index in [1.165, 1.54) is 5.54 Å². The van der Waals surface area contributed by atoms with Gasteiger partial charge < -0.3 is 4.74 Å². The van der Waals surface area contributed by atoms with E-state index in [2.05, 4.69) is 0 Å². The van der Waals surface area contributed by atoms with Crippen LogP contribution < -0.4 is 4.74 Å². The molecule has 13 heavy (non-hydrogen) atoms. The van der Waals surface area contributed by atoms with Crippen LogP contribution in [0.5, 0.6) is 5.75 Å². The van der Waals surface area contributed by atoms with E-state index in [0.717, 1.165) is 11.3 Å². The van der Waals surface area contributed by atoms with Crippen LogP contribution in [0, 0.1) is 0 Å². The van der Waals surface area contributed by atoms with Crippen LogP contribution in [0.3, 0.4) is 0 Å². The Balaban J connectivity index is 2.98. The first-order chi connectivity index (χ1) is 6.29. The first-order valence-corrected chi connectivity index (χ1v) is 4.70. The number of benzene rings is 1. The summed E-state index contributed by atoms with van der Waals surface area (Å²) >= 11 is 11.5. The SMILES string of the molecule is COc1ccccc1C(Cl)C=CCl. The summed E-state index contributed by atoms with van der Waals surface area (Å²) < 4.78 is 5.15. The molecule has 0 spiro atoms. The van der Waals surface area contributed by atoms with E-state index in [9.17, 15) is 0 Å². The van der Waals surface area contributed by atoms with Crippen molar-refractivity contribution >= 4 is 23.2 Å². The summed E-state index contributed by atoms with van der Waals surface area (Å²) in [6.45, 7) is 0. The van der Waals surface area contributed by atoms with Crippen molar-refractivity contribution in [3.05, 3.63) is 41.4 Å². The van der Waals surface area contributed by atoms with Crippen molar-refractivity contribution in [2.75, 3.05) is 7.11 Å². The summed E-state index contributed by atoms with van der Waals surface area (Å²) in [5.74, 6) is 0.775. The largest absolute Gasteiger partial charge is 0.496 e. The lowest BCUT2D eigenvalue weighted by Crippen LogP contribution is -1.92. The average molecular weight is 217 g/mol. The molecule has 0 bridgehead atoms. The summed E-state index contributed by atoms with van der Waals surface area (Å²) in [6, 6.07) is 7.59. The van der Waals surface area contributed by atoms with Crippen molar-refractivity contribution in [1.29, 1.82) is 0 Å². The van der Waals surface area contributed by atoms with Gasteiger partial charge in [-0.1, -0.05) is 35.9 Å². The smallest absolute Gasteiger partial charge is 0.123 e. The number of ether oxygens (including phenoxy) is 1. The first kappa shape index (κ1) is 10.4. The topological polar surface area (TPSA) is 9.23 Å². The predicted molar refractivity (Wildman–Crippen MR) is 56.6 cm³/mol. The van der Waals surface area contributed by atoms with Gasteiger partial charge in [0.25, 0.3) is 0 Å². The highest BCUT2D eigenvalue weighted by molar-refractivity contribution is 6.27. The molecular formula is C10H10Cl2O. The van der Waals surface area contributed by atoms with Crippen LogP contribution in [0.25, 0.3) is 0 Å². The van der Waals surface area contributed by atoms with Crippen molar-refractivity contribution in [2.45, 2.75) is 5.38 Å². The summed E-state index contributed by atoms with van der Waals surface area (Å²) in [5.41, 5.74) is 2.33. The van der Waals surface area contributed by atoms with E-state index < -0.39 is 0 Å². The van der Waals surface area contributed by atoms with Crippen LogP contribution in [0.1, 0.15) is 10.9 Å². The van der Waals surface area contributed by atoms with Gasteiger partial charge in [-0.2, -0.15) is 0 Å². The van der Waals surface area contributed by atoms with Gasteiger partial charge in [0, 0.05) is 11.1 Å². The number of hydrogen-bond donors (Lipinski definition) is 0. The molecule has 0 amide bonds. The second-order valence-corrected chi connectivity index (χ2v) is 3.18. The molecule has 70 valence electrons. The van der Waals surface area contributed by atoms with E-state index in [0.29, 0.717) is 0 Å². The van der Waals surface area contributed by atoms with Gasteiger partial charge in [-0.25, -0.2) is 0 Å². The number of hydrogen-bond acceptors (Lipinski definition) is 1. The second-order valence-electron chi connectivity index (χ2n) is 2.46. The molecule has 3 heteroatoms. The molecule has 0 saturated carbocycles. The molecular weight excluding hydrogens is 207 g/mol. The lowest BCUT2D eigenvalue weighted by atomic mass is 10.1. The van der Waals surface area contributed by atoms with Gasteiger partial charge in [0.2, 0.25) is 0 Å². The van der Waals surface area contributed by atoms with E-state index in [4.69, 9.17) is 27.9 Å². The summed E-state index contributed by atoms with van der Waals surface area (Å²) in [4.78, 5) is 0. The molecule has 1 rings (SSSR count). The van der Waals surface area contributed by atoms with Gasteiger partial charge in [-0.3, -0.25) is 0 Å². The molecule has 0 aliphatic heterocycles. The molecule has 0 heterocycles. The Morgan fingerprint density at radius 2 is 2.08 bits per heavy atom. The van der Waals surface area contributed by atoms with Crippen LogP contribution in [0.2, 0.25) is 0 Å². The Hall–Kier alpha value is -0.660. The fourth-order valence-electron chi connectivity index (χ4n) is 1.06. The number of methoxy groups -OCH3 is 1. The van der Waals surface area contributed by atoms with Crippen LogP contribution in [0.15, 0.2) is 35.9 Å². The molecule has 1 atom stereocenters. The maximum atomic E-state index is 6.04. The minimum absolute atomic E-state index is 0.242. The zero-order valence-electron chi connectivity index (χ0n) is 7.21. The van der Waals surface area contributed by atoms with Gasteiger partial charge in [-0.15, -0.1) is 11.6 Å². The maximum absolute atomic E-state index is 6.04. The Morgan fingerprint density at radius 1 is 1.38 bits per heavy atom. The van der Waals surface area contributed by atoms with Crippen molar-refractivity contribution in [2.24, 2.45) is 0 Å². The molecule has 0 fully saturated rings. The molecule has 0 N–H and O–H groups in total. The fraction of sp³-hybridized carbons (Fsp3) is 0.200. The number of halogens is 2. The molecule has 0 saturated heterocycles. The van der Waals surface area contributed by atoms with Crippen molar-refractivity contribution in [3.8, 4) is 5.75 Å². The van der Waals surface area contributed by atoms with Crippen molar-refractivity contribution < 1.29 is 4.74 Å². The average Bonchev–Trinajstić information content (AvgIpc) is 2.18. The monoisotopic (exact) mass is 216 g/mol. The van der Waals surface area contributed by atoms with Gasteiger partial charge in [-0.05, 0) is 6.07 Å². The lowest BCUT2D eigenvalue weighted by molar-refractivity contribution is 0.410. The van der Waals surface area contributed by atoms with E-state index in [1.54, 1.807) is 13.2 Å². The lowest BCUT2D eigenvalue weighted by Gasteiger charge is -2.09. The molecule has 0 aliphatic rings. The van der Waals surface area contributed by atoms with Crippen LogP contribution in [0.4, 0.5) is 0 Å². The van der Waals surface area contributed by atoms with Gasteiger partial charge in [0.1, 0.15) is 5.75 Å². The highest BCUT2D eigenvalue weighted by atomic mass is 35.5. The third-order valence-electron chi connectivity index (χ3n) is 1.68. The first-order valence-electron chi connectivity index (χ1n) is 3.83. The Kier molecular flexibility index (Phi) is 4.13. The molecule has 1 nitrogen and oxygen atoms in total. The molecule has 0 aromatic heterocycles. The zero-order chi connectivity index (χ0) is 9.68.